The van der Waals surface area contributed by atoms with E-state index in [1.54, 1.807) is 0 Å². The van der Waals surface area contributed by atoms with Gasteiger partial charge in [-0.3, -0.25) is 4.79 Å². The molecule has 1 unspecified atom stereocenters. The zero-order chi connectivity index (χ0) is 14.5. The van der Waals surface area contributed by atoms with Gasteiger partial charge in [0.2, 0.25) is 0 Å². The van der Waals surface area contributed by atoms with Crippen LogP contribution in [0.25, 0.3) is 0 Å². The topological polar surface area (TPSA) is 72.8 Å². The molecule has 0 aliphatic carbocycles. The highest BCUT2D eigenvalue weighted by atomic mass is 19.1. The Morgan fingerprint density at radius 3 is 2.90 bits per heavy atom. The Morgan fingerprint density at radius 2 is 2.30 bits per heavy atom. The first-order valence-corrected chi connectivity index (χ1v) is 6.74. The van der Waals surface area contributed by atoms with Gasteiger partial charge >= 0.3 is 0 Å². The molecule has 0 bridgehead atoms. The smallest absolute Gasteiger partial charge is 0.257 e. The molecule has 0 saturated carbocycles. The predicted molar refractivity (Wildman–Crippen MR) is 72.1 cm³/mol. The van der Waals surface area contributed by atoms with Gasteiger partial charge in [-0.25, -0.2) is 4.39 Å². The average Bonchev–Trinajstić information content (AvgIpc) is 2.90. The third-order valence-corrected chi connectivity index (χ3v) is 3.45. The Morgan fingerprint density at radius 1 is 1.50 bits per heavy atom. The molecule has 1 heterocycles. The molecule has 1 fully saturated rings. The highest BCUT2D eigenvalue weighted by Crippen LogP contribution is 2.20. The normalized spacial score (nSPS) is 18.2. The van der Waals surface area contributed by atoms with Gasteiger partial charge in [0.25, 0.3) is 5.91 Å². The van der Waals surface area contributed by atoms with Crippen LogP contribution in [0.15, 0.2) is 18.2 Å². The maximum atomic E-state index is 13.0. The van der Waals surface area contributed by atoms with E-state index in [0.29, 0.717) is 6.54 Å². The molecule has 6 heteroatoms. The first-order chi connectivity index (χ1) is 9.61. The number of aromatic hydroxyl groups is 1. The lowest BCUT2D eigenvalue weighted by atomic mass is 10.1. The summed E-state index contributed by atoms with van der Waals surface area (Å²) in [6, 6.07) is 3.52. The van der Waals surface area contributed by atoms with Crippen molar-refractivity contribution in [1.29, 1.82) is 0 Å². The van der Waals surface area contributed by atoms with E-state index in [2.05, 4.69) is 5.32 Å². The molecule has 0 spiro atoms. The number of benzene rings is 1. The largest absolute Gasteiger partial charge is 0.507 e. The predicted octanol–water partition coefficient (Wildman–Crippen LogP) is 0.718. The molecule has 2 rings (SSSR count). The summed E-state index contributed by atoms with van der Waals surface area (Å²) in [6.07, 6.45) is 2.04. The lowest BCUT2D eigenvalue weighted by molar-refractivity contribution is 0.0703. The summed E-state index contributed by atoms with van der Waals surface area (Å²) in [5.74, 6) is -1.37. The number of hydrogen-bond acceptors (Lipinski definition) is 4. The van der Waals surface area contributed by atoms with Gasteiger partial charge in [0.15, 0.2) is 0 Å². The van der Waals surface area contributed by atoms with E-state index >= 15 is 0 Å². The van der Waals surface area contributed by atoms with Gasteiger partial charge in [0, 0.05) is 25.2 Å². The molecular weight excluding hydrogens is 263 g/mol. The van der Waals surface area contributed by atoms with Crippen molar-refractivity contribution in [2.75, 3.05) is 26.2 Å². The van der Waals surface area contributed by atoms with Crippen molar-refractivity contribution in [2.45, 2.75) is 18.9 Å². The molecule has 1 amide bonds. The van der Waals surface area contributed by atoms with Crippen molar-refractivity contribution in [3.05, 3.63) is 29.6 Å². The Balaban J connectivity index is 2.12. The van der Waals surface area contributed by atoms with Crippen molar-refractivity contribution < 1.29 is 19.4 Å². The van der Waals surface area contributed by atoms with E-state index < -0.39 is 11.7 Å². The maximum absolute atomic E-state index is 13.0. The molecule has 110 valence electrons. The van der Waals surface area contributed by atoms with Gasteiger partial charge in [-0.2, -0.15) is 0 Å². The van der Waals surface area contributed by atoms with Crippen LogP contribution in [0.4, 0.5) is 4.39 Å². The fourth-order valence-corrected chi connectivity index (χ4v) is 2.43. The number of phenolic OH excluding ortho intramolecular Hbond substituents is 1. The minimum atomic E-state index is -0.592. The van der Waals surface area contributed by atoms with Gasteiger partial charge in [0.1, 0.15) is 11.6 Å². The Labute approximate surface area is 117 Å². The number of carbonyl (C=O) groups is 1. The molecule has 0 aromatic heterocycles. The summed E-state index contributed by atoms with van der Waals surface area (Å²) >= 11 is 0. The highest BCUT2D eigenvalue weighted by Gasteiger charge is 2.23. The van der Waals surface area contributed by atoms with Gasteiger partial charge in [-0.1, -0.05) is 0 Å². The van der Waals surface area contributed by atoms with Crippen molar-refractivity contribution >= 4 is 5.91 Å². The number of rotatable bonds is 5. The Hall–Kier alpha value is -1.66. The van der Waals surface area contributed by atoms with Crippen LogP contribution in [0, 0.1) is 5.82 Å². The van der Waals surface area contributed by atoms with Gasteiger partial charge in [0.05, 0.1) is 12.2 Å². The molecule has 1 aromatic carbocycles. The number of phenols is 1. The summed E-state index contributed by atoms with van der Waals surface area (Å²) in [7, 11) is 0. The Bertz CT molecular complexity index is 475. The van der Waals surface area contributed by atoms with Gasteiger partial charge in [-0.05, 0) is 31.5 Å². The fraction of sp³-hybridized carbons (Fsp3) is 0.500. The zero-order valence-corrected chi connectivity index (χ0v) is 11.2. The van der Waals surface area contributed by atoms with Gasteiger partial charge in [-0.15, -0.1) is 0 Å². The first kappa shape index (κ1) is 14.7. The molecule has 1 atom stereocenters. The van der Waals surface area contributed by atoms with Crippen molar-refractivity contribution in [3.8, 4) is 5.75 Å². The molecule has 1 aromatic rings. The van der Waals surface area contributed by atoms with Crippen molar-refractivity contribution in [2.24, 2.45) is 0 Å². The van der Waals surface area contributed by atoms with Crippen LogP contribution < -0.4 is 5.32 Å². The maximum Gasteiger partial charge on any atom is 0.257 e. The summed E-state index contributed by atoms with van der Waals surface area (Å²) in [6.45, 7) is 1.43. The average molecular weight is 282 g/mol. The summed E-state index contributed by atoms with van der Waals surface area (Å²) in [5.41, 5.74) is 0.0536. The number of nitrogens with zero attached hydrogens (tertiary/aromatic N) is 1. The van der Waals surface area contributed by atoms with E-state index in [0.717, 1.165) is 31.5 Å². The summed E-state index contributed by atoms with van der Waals surface area (Å²) in [4.78, 5) is 13.8. The number of carbonyl (C=O) groups excluding carboxylic acids is 1. The number of halogens is 1. The number of nitrogens with one attached hydrogen (secondary N) is 1. The Kier molecular flexibility index (Phi) is 4.92. The van der Waals surface area contributed by atoms with E-state index in [4.69, 9.17) is 5.11 Å². The summed E-state index contributed by atoms with van der Waals surface area (Å²) < 4.78 is 13.0. The zero-order valence-electron chi connectivity index (χ0n) is 11.2. The first-order valence-electron chi connectivity index (χ1n) is 6.74. The number of amides is 1. The molecule has 5 nitrogen and oxygen atoms in total. The quantitative estimate of drug-likeness (QED) is 0.744. The second kappa shape index (κ2) is 6.67. The van der Waals surface area contributed by atoms with Crippen molar-refractivity contribution in [3.63, 3.8) is 0 Å². The van der Waals surface area contributed by atoms with E-state index in [1.165, 1.54) is 11.0 Å². The standard InChI is InChI=1S/C14H19FN2O3/c15-10-3-4-12(13(19)8-10)14(20)17(6-7-18)9-11-2-1-5-16-11/h3-4,8,11,16,18-19H,1-2,5-7,9H2. The second-order valence-electron chi connectivity index (χ2n) is 4.93. The third kappa shape index (κ3) is 3.46. The summed E-state index contributed by atoms with van der Waals surface area (Å²) in [5, 5.41) is 22.0. The molecule has 0 radical (unpaired) electrons. The SMILES string of the molecule is O=C(c1ccc(F)cc1O)N(CCO)CC1CCCN1. The minimum absolute atomic E-state index is 0.0536. The van der Waals surface area contributed by atoms with Crippen LogP contribution in [0.5, 0.6) is 5.75 Å². The van der Waals surface area contributed by atoms with E-state index in [1.807, 2.05) is 0 Å². The third-order valence-electron chi connectivity index (χ3n) is 3.45. The number of hydrogen-bond donors (Lipinski definition) is 3. The second-order valence-corrected chi connectivity index (χ2v) is 4.93. The molecule has 1 saturated heterocycles. The number of aliphatic hydroxyl groups is 1. The monoisotopic (exact) mass is 282 g/mol. The van der Waals surface area contributed by atoms with Crippen LogP contribution in [-0.4, -0.2) is 53.3 Å². The van der Waals surface area contributed by atoms with Crippen LogP contribution >= 0.6 is 0 Å². The van der Waals surface area contributed by atoms with Gasteiger partial charge < -0.3 is 20.4 Å². The fourth-order valence-electron chi connectivity index (χ4n) is 2.43. The van der Waals surface area contributed by atoms with E-state index in [9.17, 15) is 14.3 Å². The van der Waals surface area contributed by atoms with Crippen LogP contribution in [0.3, 0.4) is 0 Å². The lowest BCUT2D eigenvalue weighted by Crippen LogP contribution is -2.42. The van der Waals surface area contributed by atoms with Crippen molar-refractivity contribution in [1.82, 2.24) is 10.2 Å². The lowest BCUT2D eigenvalue weighted by Gasteiger charge is -2.25. The highest BCUT2D eigenvalue weighted by molar-refractivity contribution is 5.96. The minimum Gasteiger partial charge on any atom is -0.507 e. The molecule has 20 heavy (non-hydrogen) atoms. The van der Waals surface area contributed by atoms with Crippen LogP contribution in [0.2, 0.25) is 0 Å². The van der Waals surface area contributed by atoms with E-state index in [-0.39, 0.29) is 30.5 Å². The molecule has 1 aliphatic heterocycles. The van der Waals surface area contributed by atoms with Crippen LogP contribution in [0.1, 0.15) is 23.2 Å². The molecule has 1 aliphatic rings. The molecule has 3 N–H and O–H groups in total. The number of aliphatic hydroxyl groups excluding tert-OH is 1. The molecular formula is C14H19FN2O3. The van der Waals surface area contributed by atoms with Crippen LogP contribution in [-0.2, 0) is 0 Å².